The first-order valence-corrected chi connectivity index (χ1v) is 19.8. The summed E-state index contributed by atoms with van der Waals surface area (Å²) in [4.78, 5) is 2.48. The molecule has 1 aliphatic heterocycles. The summed E-state index contributed by atoms with van der Waals surface area (Å²) in [6.07, 6.45) is 0. The number of benzene rings is 9. The summed E-state index contributed by atoms with van der Waals surface area (Å²) < 4.78 is 2.53. The molecule has 0 saturated carbocycles. The Labute approximate surface area is 332 Å². The molecule has 2 heteroatoms. The van der Waals surface area contributed by atoms with E-state index in [2.05, 4.69) is 228 Å². The number of para-hydroxylation sites is 4. The fraction of sp³-hybridized carbons (Fsp3) is 0.0182. The summed E-state index contributed by atoms with van der Waals surface area (Å²) in [6, 6.07) is 80.5. The van der Waals surface area contributed by atoms with Crippen LogP contribution in [0, 0.1) is 0 Å². The minimum atomic E-state index is -0.530. The van der Waals surface area contributed by atoms with Crippen LogP contribution < -0.4 is 4.90 Å². The summed E-state index contributed by atoms with van der Waals surface area (Å²) >= 11 is 0. The Balaban J connectivity index is 1.18. The topological polar surface area (TPSA) is 8.17 Å². The van der Waals surface area contributed by atoms with Crippen LogP contribution in [0.1, 0.15) is 22.3 Å². The minimum Gasteiger partial charge on any atom is -0.310 e. The zero-order valence-electron chi connectivity index (χ0n) is 31.2. The van der Waals surface area contributed by atoms with Gasteiger partial charge in [-0.05, 0) is 92.5 Å². The van der Waals surface area contributed by atoms with Gasteiger partial charge in [-0.25, -0.2) is 0 Å². The second-order valence-electron chi connectivity index (χ2n) is 15.2. The van der Waals surface area contributed by atoms with Crippen LogP contribution in [0.3, 0.4) is 0 Å². The van der Waals surface area contributed by atoms with Gasteiger partial charge in [0.05, 0.1) is 27.8 Å². The van der Waals surface area contributed by atoms with Gasteiger partial charge in [-0.2, -0.15) is 0 Å². The van der Waals surface area contributed by atoms with Gasteiger partial charge in [-0.3, -0.25) is 0 Å². The smallest absolute Gasteiger partial charge is 0.0755 e. The first-order chi connectivity index (χ1) is 28.3. The molecule has 266 valence electrons. The molecule has 0 bridgehead atoms. The van der Waals surface area contributed by atoms with Gasteiger partial charge in [-0.1, -0.05) is 176 Å². The lowest BCUT2D eigenvalue weighted by atomic mass is 9.65. The third kappa shape index (κ3) is 4.47. The normalized spacial score (nSPS) is 13.1. The molecule has 0 fully saturated rings. The first kappa shape index (κ1) is 31.9. The molecule has 10 aromatic rings. The molecule has 0 saturated heterocycles. The fourth-order valence-corrected chi connectivity index (χ4v) is 10.1. The molecular weight excluding hydrogens is 689 g/mol. The van der Waals surface area contributed by atoms with Crippen LogP contribution in [0.5, 0.6) is 0 Å². The second-order valence-corrected chi connectivity index (χ2v) is 15.2. The van der Waals surface area contributed by atoms with Crippen LogP contribution in [-0.2, 0) is 5.41 Å². The van der Waals surface area contributed by atoms with Gasteiger partial charge in [0, 0.05) is 27.7 Å². The van der Waals surface area contributed by atoms with E-state index in [0.29, 0.717) is 0 Å². The lowest BCUT2D eigenvalue weighted by molar-refractivity contribution is 0.748. The summed E-state index contributed by atoms with van der Waals surface area (Å²) in [7, 11) is 0. The summed E-state index contributed by atoms with van der Waals surface area (Å²) in [5.41, 5.74) is 19.2. The van der Waals surface area contributed by atoms with E-state index >= 15 is 0 Å². The Hall–Kier alpha value is -7.42. The van der Waals surface area contributed by atoms with Crippen molar-refractivity contribution in [3.63, 3.8) is 0 Å². The lowest BCUT2D eigenvalue weighted by Gasteiger charge is -2.40. The van der Waals surface area contributed by atoms with Gasteiger partial charge >= 0.3 is 0 Å². The maximum Gasteiger partial charge on any atom is 0.0755 e. The minimum absolute atomic E-state index is 0.530. The quantitative estimate of drug-likeness (QED) is 0.172. The predicted molar refractivity (Wildman–Crippen MR) is 237 cm³/mol. The molecule has 0 unspecified atom stereocenters. The lowest BCUT2D eigenvalue weighted by Crippen LogP contribution is -2.33. The third-order valence-electron chi connectivity index (χ3n) is 12.4. The van der Waals surface area contributed by atoms with E-state index in [1.807, 2.05) is 0 Å². The van der Waals surface area contributed by atoms with E-state index in [1.54, 1.807) is 0 Å². The number of aromatic nitrogens is 1. The van der Waals surface area contributed by atoms with Crippen LogP contribution in [0.15, 0.2) is 218 Å². The molecule has 1 aliphatic carbocycles. The van der Waals surface area contributed by atoms with E-state index in [1.165, 1.54) is 83.1 Å². The molecule has 1 spiro atoms. The predicted octanol–water partition coefficient (Wildman–Crippen LogP) is 14.3. The van der Waals surface area contributed by atoms with Crippen molar-refractivity contribution < 1.29 is 0 Å². The van der Waals surface area contributed by atoms with Crippen LogP contribution in [0.25, 0.3) is 60.9 Å². The fourth-order valence-electron chi connectivity index (χ4n) is 10.1. The van der Waals surface area contributed by atoms with Crippen LogP contribution in [-0.4, -0.2) is 4.57 Å². The molecule has 9 aromatic carbocycles. The maximum atomic E-state index is 2.53. The number of nitrogens with zero attached hydrogens (tertiary/aromatic N) is 2. The monoisotopic (exact) mass is 724 g/mol. The van der Waals surface area contributed by atoms with Gasteiger partial charge in [-0.15, -0.1) is 0 Å². The molecule has 0 radical (unpaired) electrons. The second kappa shape index (κ2) is 12.3. The maximum absolute atomic E-state index is 2.53. The van der Waals surface area contributed by atoms with E-state index in [-0.39, 0.29) is 0 Å². The summed E-state index contributed by atoms with van der Waals surface area (Å²) in [5.74, 6) is 0. The number of hydrogen-bond donors (Lipinski definition) is 0. The van der Waals surface area contributed by atoms with Crippen molar-refractivity contribution in [3.8, 4) is 39.1 Å². The average Bonchev–Trinajstić information content (AvgIpc) is 3.78. The Morgan fingerprint density at radius 1 is 0.351 bits per heavy atom. The van der Waals surface area contributed by atoms with E-state index < -0.39 is 5.41 Å². The Kier molecular flexibility index (Phi) is 6.88. The number of anilines is 3. The largest absolute Gasteiger partial charge is 0.310 e. The van der Waals surface area contributed by atoms with Gasteiger partial charge in [0.25, 0.3) is 0 Å². The molecule has 2 heterocycles. The summed E-state index contributed by atoms with van der Waals surface area (Å²) in [5, 5.41) is 2.50. The van der Waals surface area contributed by atoms with Crippen molar-refractivity contribution in [2.45, 2.75) is 5.41 Å². The van der Waals surface area contributed by atoms with E-state index in [9.17, 15) is 0 Å². The average molecular weight is 725 g/mol. The van der Waals surface area contributed by atoms with Gasteiger partial charge in [0.15, 0.2) is 0 Å². The zero-order chi connectivity index (χ0) is 37.5. The van der Waals surface area contributed by atoms with Crippen LogP contribution in [0.2, 0.25) is 0 Å². The molecular formula is C55H36N2. The Morgan fingerprint density at radius 2 is 0.895 bits per heavy atom. The van der Waals surface area contributed by atoms with E-state index in [0.717, 1.165) is 17.1 Å². The third-order valence-corrected chi connectivity index (χ3v) is 12.4. The molecule has 57 heavy (non-hydrogen) atoms. The highest BCUT2D eigenvalue weighted by Gasteiger charge is 2.51. The van der Waals surface area contributed by atoms with Crippen molar-refractivity contribution in [1.82, 2.24) is 4.57 Å². The first-order valence-electron chi connectivity index (χ1n) is 19.8. The highest BCUT2D eigenvalue weighted by atomic mass is 15.1. The number of rotatable bonds is 5. The van der Waals surface area contributed by atoms with E-state index in [4.69, 9.17) is 0 Å². The van der Waals surface area contributed by atoms with Gasteiger partial charge in [0.1, 0.15) is 0 Å². The van der Waals surface area contributed by atoms with Crippen molar-refractivity contribution in [3.05, 3.63) is 241 Å². The van der Waals surface area contributed by atoms with Crippen LogP contribution in [0.4, 0.5) is 17.1 Å². The zero-order valence-corrected chi connectivity index (χ0v) is 31.2. The molecule has 0 amide bonds. The Bertz CT molecular complexity index is 3130. The van der Waals surface area contributed by atoms with Gasteiger partial charge < -0.3 is 9.47 Å². The SMILES string of the molecule is c1ccc(-c2ccc(-c3ccccc3N(c3ccccc3)c3cc4c5c(c3)c3ccccc3n5-c3ccccc3C43c4ccccc4-c4ccccc43)cc2)cc1. The van der Waals surface area contributed by atoms with Crippen molar-refractivity contribution in [2.75, 3.05) is 4.90 Å². The molecule has 12 rings (SSSR count). The van der Waals surface area contributed by atoms with Crippen molar-refractivity contribution in [2.24, 2.45) is 0 Å². The molecule has 0 N–H and O–H groups in total. The number of hydrogen-bond acceptors (Lipinski definition) is 1. The number of fused-ring (bicyclic) bond motifs is 12. The molecule has 2 aliphatic rings. The molecule has 1 aromatic heterocycles. The Morgan fingerprint density at radius 3 is 1.63 bits per heavy atom. The molecule has 0 atom stereocenters. The van der Waals surface area contributed by atoms with Gasteiger partial charge in [0.2, 0.25) is 0 Å². The highest BCUT2D eigenvalue weighted by molar-refractivity contribution is 6.14. The summed E-state index contributed by atoms with van der Waals surface area (Å²) in [6.45, 7) is 0. The molecule has 2 nitrogen and oxygen atoms in total. The standard InChI is InChI=1S/C55H36N2/c1-3-17-37(18-4-1)38-31-33-39(34-32-38)42-21-9-14-28-51(42)56(40-19-5-2-6-20-40)41-35-46-45-24-10-15-29-52(45)57-53-30-16-13-27-49(53)55(50(36-41)54(46)57)47-25-11-7-22-43(47)44-23-8-12-26-48(44)55/h1-36H. The van der Waals surface area contributed by atoms with Crippen molar-refractivity contribution >= 4 is 38.9 Å². The van der Waals surface area contributed by atoms with Crippen molar-refractivity contribution in [1.29, 1.82) is 0 Å². The highest BCUT2D eigenvalue weighted by Crippen LogP contribution is 2.62. The van der Waals surface area contributed by atoms with Crippen LogP contribution >= 0.6 is 0 Å².